The first-order chi connectivity index (χ1) is 15.1. The molecule has 1 atom stereocenters. The number of carbonyl (C=O) groups is 1. The monoisotopic (exact) mass is 417 g/mol. The van der Waals surface area contributed by atoms with Crippen LogP contribution < -0.4 is 22.3 Å². The third-order valence-electron chi connectivity index (χ3n) is 4.90. The van der Waals surface area contributed by atoms with Crippen LogP contribution in [0.2, 0.25) is 0 Å². The summed E-state index contributed by atoms with van der Waals surface area (Å²) in [6.07, 6.45) is 7.96. The van der Waals surface area contributed by atoms with Crippen molar-refractivity contribution in [2.45, 2.75) is 5.92 Å². The second-order valence-electron chi connectivity index (χ2n) is 6.71. The van der Waals surface area contributed by atoms with E-state index < -0.39 is 17.5 Å². The molecule has 10 nitrogen and oxygen atoms in total. The fraction of sp³-hybridized carbons (Fsp3) is 0.0952. The molecule has 31 heavy (non-hydrogen) atoms. The Morgan fingerprint density at radius 3 is 2.65 bits per heavy atom. The molecule has 0 fully saturated rings. The first kappa shape index (κ1) is 18.6. The molecule has 1 unspecified atom stereocenters. The Hall–Kier alpha value is -4.47. The van der Waals surface area contributed by atoms with E-state index in [4.69, 9.17) is 19.3 Å². The van der Waals surface area contributed by atoms with Gasteiger partial charge in [0.15, 0.2) is 0 Å². The van der Waals surface area contributed by atoms with E-state index in [-0.39, 0.29) is 28.4 Å². The number of aromatic nitrogens is 4. The molecule has 0 saturated carbocycles. The molecule has 1 aliphatic heterocycles. The smallest absolute Gasteiger partial charge is 0.362 e. The summed E-state index contributed by atoms with van der Waals surface area (Å²) < 4.78 is 17.6. The molecule has 1 aliphatic rings. The number of rotatable bonds is 3. The van der Waals surface area contributed by atoms with Crippen LogP contribution in [-0.2, 0) is 9.53 Å². The fourth-order valence-corrected chi connectivity index (χ4v) is 3.64. The molecule has 0 amide bonds. The average Bonchev–Trinajstić information content (AvgIpc) is 3.32. The van der Waals surface area contributed by atoms with E-state index in [2.05, 4.69) is 15.0 Å². The van der Waals surface area contributed by atoms with Gasteiger partial charge in [-0.1, -0.05) is 12.1 Å². The maximum atomic E-state index is 12.8. The van der Waals surface area contributed by atoms with Crippen molar-refractivity contribution in [3.63, 3.8) is 0 Å². The number of nitrogen functional groups attached to an aromatic ring is 1. The maximum Gasteiger partial charge on any atom is 0.362 e. The molecular weight excluding hydrogens is 402 g/mol. The number of hydrogen-bond acceptors (Lipinski definition) is 9. The first-order valence-corrected chi connectivity index (χ1v) is 9.21. The number of carbonyl (C=O) groups excluding carboxylic acids is 1. The van der Waals surface area contributed by atoms with Crippen molar-refractivity contribution in [1.29, 1.82) is 0 Å². The van der Waals surface area contributed by atoms with Crippen LogP contribution in [0.1, 0.15) is 22.7 Å². The van der Waals surface area contributed by atoms with Crippen LogP contribution in [0.3, 0.4) is 0 Å². The van der Waals surface area contributed by atoms with Gasteiger partial charge in [0.05, 0.1) is 13.0 Å². The lowest BCUT2D eigenvalue weighted by molar-refractivity contribution is -0.134. The summed E-state index contributed by atoms with van der Waals surface area (Å²) in [5.74, 6) is -1.26. The van der Waals surface area contributed by atoms with E-state index in [1.54, 1.807) is 55.1 Å². The number of nitrogens with zero attached hydrogens (tertiary/aromatic N) is 4. The van der Waals surface area contributed by atoms with Crippen LogP contribution in [-0.4, -0.2) is 32.6 Å². The minimum absolute atomic E-state index is 0.0236. The molecule has 4 aromatic rings. The van der Waals surface area contributed by atoms with E-state index in [1.165, 1.54) is 11.7 Å². The Bertz CT molecular complexity index is 1470. The van der Waals surface area contributed by atoms with Gasteiger partial charge >= 0.3 is 11.6 Å². The van der Waals surface area contributed by atoms with Crippen molar-refractivity contribution in [3.05, 3.63) is 87.2 Å². The predicted octanol–water partition coefficient (Wildman–Crippen LogP) is 0.0887. The molecule has 0 radical (unpaired) electrons. The number of ether oxygens (including phenoxy) is 1. The number of oxazole rings is 2. The molecule has 0 bridgehead atoms. The van der Waals surface area contributed by atoms with Gasteiger partial charge < -0.3 is 19.3 Å². The molecule has 0 aromatic carbocycles. The SMILES string of the molecule is COC(=O)C1=c2oc(=O)/c(=C\c3cccnc3)n2-c2oc(N)nc2C1c1cccnc1. The van der Waals surface area contributed by atoms with Crippen molar-refractivity contribution < 1.29 is 18.4 Å². The topological polar surface area (TPSA) is 139 Å². The predicted molar refractivity (Wildman–Crippen MR) is 107 cm³/mol. The van der Waals surface area contributed by atoms with Crippen molar-refractivity contribution in [3.8, 4) is 5.88 Å². The van der Waals surface area contributed by atoms with Gasteiger partial charge in [0.25, 0.3) is 6.01 Å². The lowest BCUT2D eigenvalue weighted by Gasteiger charge is -2.21. The van der Waals surface area contributed by atoms with E-state index in [1.807, 2.05) is 0 Å². The first-order valence-electron chi connectivity index (χ1n) is 9.21. The molecular formula is C21H15N5O5. The van der Waals surface area contributed by atoms with Crippen LogP contribution in [0.25, 0.3) is 17.5 Å². The summed E-state index contributed by atoms with van der Waals surface area (Å²) in [5.41, 5.74) is 6.86. The Labute approximate surface area is 173 Å². The second kappa shape index (κ2) is 7.10. The van der Waals surface area contributed by atoms with Crippen LogP contribution in [0.4, 0.5) is 6.01 Å². The van der Waals surface area contributed by atoms with E-state index in [9.17, 15) is 9.59 Å². The fourth-order valence-electron chi connectivity index (χ4n) is 3.64. The zero-order valence-electron chi connectivity index (χ0n) is 16.2. The number of esters is 1. The van der Waals surface area contributed by atoms with Crippen LogP contribution in [0.5, 0.6) is 0 Å². The number of anilines is 1. The number of nitrogens with two attached hydrogens (primary N) is 1. The number of pyridine rings is 2. The Balaban J connectivity index is 1.93. The normalized spacial score (nSPS) is 15.5. The molecule has 4 aromatic heterocycles. The largest absolute Gasteiger partial charge is 0.465 e. The summed E-state index contributed by atoms with van der Waals surface area (Å²) in [5, 5.41) is 0.117. The van der Waals surface area contributed by atoms with E-state index >= 15 is 0 Å². The van der Waals surface area contributed by atoms with Gasteiger partial charge in [-0.2, -0.15) is 4.98 Å². The summed E-state index contributed by atoms with van der Waals surface area (Å²) in [6, 6.07) is 6.88. The molecule has 154 valence electrons. The molecule has 0 spiro atoms. The second-order valence-corrected chi connectivity index (χ2v) is 6.71. The average molecular weight is 417 g/mol. The van der Waals surface area contributed by atoms with Crippen molar-refractivity contribution in [2.75, 3.05) is 12.8 Å². The molecule has 10 heteroatoms. The molecule has 0 saturated heterocycles. The van der Waals surface area contributed by atoms with Gasteiger partial charge in [-0.15, -0.1) is 0 Å². The minimum Gasteiger partial charge on any atom is -0.465 e. The highest BCUT2D eigenvalue weighted by Gasteiger charge is 2.39. The van der Waals surface area contributed by atoms with Crippen molar-refractivity contribution in [1.82, 2.24) is 19.5 Å². The highest BCUT2D eigenvalue weighted by Crippen LogP contribution is 2.38. The Morgan fingerprint density at radius 2 is 1.97 bits per heavy atom. The van der Waals surface area contributed by atoms with E-state index in [0.29, 0.717) is 16.8 Å². The maximum absolute atomic E-state index is 12.8. The third kappa shape index (κ3) is 2.92. The summed E-state index contributed by atoms with van der Waals surface area (Å²) in [7, 11) is 1.25. The lowest BCUT2D eigenvalue weighted by Crippen LogP contribution is -2.37. The lowest BCUT2D eigenvalue weighted by atomic mass is 9.88. The molecule has 0 aliphatic carbocycles. The molecule has 5 heterocycles. The van der Waals surface area contributed by atoms with Gasteiger partial charge in [0.1, 0.15) is 16.6 Å². The zero-order valence-corrected chi connectivity index (χ0v) is 16.2. The Kier molecular flexibility index (Phi) is 4.25. The van der Waals surface area contributed by atoms with Gasteiger partial charge in [0, 0.05) is 24.8 Å². The minimum atomic E-state index is -0.756. The summed E-state index contributed by atoms with van der Waals surface area (Å²) in [4.78, 5) is 38.1. The highest BCUT2D eigenvalue weighted by molar-refractivity contribution is 6.12. The number of fused-ring (bicyclic) bond motifs is 3. The van der Waals surface area contributed by atoms with Crippen LogP contribution in [0, 0.1) is 0 Å². The highest BCUT2D eigenvalue weighted by atomic mass is 16.5. The van der Waals surface area contributed by atoms with Crippen molar-refractivity contribution in [2.24, 2.45) is 0 Å². The number of hydrogen-bond donors (Lipinski definition) is 1. The number of methoxy groups -OCH3 is 1. The zero-order chi connectivity index (χ0) is 21.5. The van der Waals surface area contributed by atoms with Gasteiger partial charge in [-0.05, 0) is 29.3 Å². The van der Waals surface area contributed by atoms with Gasteiger partial charge in [0.2, 0.25) is 11.4 Å². The van der Waals surface area contributed by atoms with Crippen molar-refractivity contribution >= 4 is 23.6 Å². The third-order valence-corrected chi connectivity index (χ3v) is 4.90. The Morgan fingerprint density at radius 1 is 1.19 bits per heavy atom. The summed E-state index contributed by atoms with van der Waals surface area (Å²) in [6.45, 7) is 0. The van der Waals surface area contributed by atoms with Gasteiger partial charge in [-0.3, -0.25) is 9.97 Å². The van der Waals surface area contributed by atoms with Crippen LogP contribution >= 0.6 is 0 Å². The standard InChI is InChI=1S/C21H15N5O5/c1-29-20(28)15-14(12-5-3-7-24-10-12)16-18(31-21(22)25-16)26-13(19(27)30-17(15)26)8-11-4-2-6-23-9-11/h2-10,14H,1H3,(H2,22,25)/b13-8+. The van der Waals surface area contributed by atoms with E-state index in [0.717, 1.165) is 0 Å². The molecule has 2 N–H and O–H groups in total. The molecule has 5 rings (SSSR count). The van der Waals surface area contributed by atoms with Gasteiger partial charge in [-0.25, -0.2) is 14.2 Å². The van der Waals surface area contributed by atoms with Crippen LogP contribution in [0.15, 0.2) is 62.7 Å². The summed E-state index contributed by atoms with van der Waals surface area (Å²) >= 11 is 0. The quantitative estimate of drug-likeness (QED) is 0.459.